The van der Waals surface area contributed by atoms with Gasteiger partial charge in [0.15, 0.2) is 14.9 Å². The summed E-state index contributed by atoms with van der Waals surface area (Å²) in [7, 11) is -2.24. The third-order valence-electron chi connectivity index (χ3n) is 5.27. The number of ether oxygens (including phenoxy) is 1. The Morgan fingerprint density at radius 1 is 1.21 bits per heavy atom. The zero-order chi connectivity index (χ0) is 20.6. The minimum atomic E-state index is -3.48. The summed E-state index contributed by atoms with van der Waals surface area (Å²) < 4.78 is 31.9. The highest BCUT2D eigenvalue weighted by Gasteiger charge is 2.30. The molecule has 0 amide bonds. The number of esters is 1. The molecule has 0 atom stereocenters. The number of carbonyl (C=O) groups excluding carboxylic acids is 1. The average Bonchev–Trinajstić information content (AvgIpc) is 3.14. The van der Waals surface area contributed by atoms with Crippen LogP contribution in [0, 0.1) is 0 Å². The number of nitrogens with one attached hydrogen (secondary N) is 1. The Bertz CT molecular complexity index is 1170. The van der Waals surface area contributed by atoms with Crippen molar-refractivity contribution in [1.82, 2.24) is 19.7 Å². The molecule has 0 radical (unpaired) electrons. The predicted molar refractivity (Wildman–Crippen MR) is 104 cm³/mol. The van der Waals surface area contributed by atoms with E-state index in [9.17, 15) is 18.0 Å². The van der Waals surface area contributed by atoms with E-state index < -0.39 is 26.6 Å². The average molecular weight is 416 g/mol. The van der Waals surface area contributed by atoms with Crippen molar-refractivity contribution >= 4 is 15.8 Å². The Kier molecular flexibility index (Phi) is 4.95. The van der Waals surface area contributed by atoms with Crippen molar-refractivity contribution in [2.45, 2.75) is 42.4 Å². The van der Waals surface area contributed by atoms with Crippen molar-refractivity contribution < 1.29 is 17.9 Å². The number of aromatic nitrogens is 4. The zero-order valence-corrected chi connectivity index (χ0v) is 16.6. The Balaban J connectivity index is 1.73. The van der Waals surface area contributed by atoms with Gasteiger partial charge in [0.1, 0.15) is 11.3 Å². The lowest BCUT2D eigenvalue weighted by molar-refractivity contribution is 0.0600. The highest BCUT2D eigenvalue weighted by atomic mass is 32.2. The molecule has 1 fully saturated rings. The van der Waals surface area contributed by atoms with Crippen LogP contribution in [-0.4, -0.2) is 46.5 Å². The van der Waals surface area contributed by atoms with Crippen molar-refractivity contribution in [2.24, 2.45) is 0 Å². The summed E-state index contributed by atoms with van der Waals surface area (Å²) in [5.74, 6) is -0.639. The van der Waals surface area contributed by atoms with Crippen LogP contribution < -0.4 is 5.56 Å². The van der Waals surface area contributed by atoms with E-state index in [0.717, 1.165) is 19.3 Å². The number of carbonyl (C=O) groups is 1. The molecule has 9 nitrogen and oxygen atoms in total. The fourth-order valence-corrected chi connectivity index (χ4v) is 5.44. The lowest BCUT2D eigenvalue weighted by Crippen LogP contribution is -2.24. The Morgan fingerprint density at radius 3 is 2.62 bits per heavy atom. The van der Waals surface area contributed by atoms with Gasteiger partial charge in [0.25, 0.3) is 5.56 Å². The summed E-state index contributed by atoms with van der Waals surface area (Å²) in [6.07, 6.45) is 8.61. The number of nitrogens with zero attached hydrogens (tertiary/aromatic N) is 3. The van der Waals surface area contributed by atoms with E-state index in [1.807, 2.05) is 0 Å². The monoisotopic (exact) mass is 416 g/mol. The highest BCUT2D eigenvalue weighted by molar-refractivity contribution is 7.92. The summed E-state index contributed by atoms with van der Waals surface area (Å²) >= 11 is 0. The molecular weight excluding hydrogens is 396 g/mol. The molecule has 1 aromatic heterocycles. The van der Waals surface area contributed by atoms with Crippen molar-refractivity contribution in [1.29, 1.82) is 0 Å². The van der Waals surface area contributed by atoms with Gasteiger partial charge in [0.2, 0.25) is 0 Å². The maximum atomic E-state index is 12.8. The van der Waals surface area contributed by atoms with Gasteiger partial charge in [-0.2, -0.15) is 5.10 Å². The van der Waals surface area contributed by atoms with Crippen molar-refractivity contribution in [2.75, 3.05) is 7.11 Å². The number of aromatic amines is 1. The first-order chi connectivity index (χ1) is 13.9. The summed E-state index contributed by atoms with van der Waals surface area (Å²) in [6, 6.07) is 3.06. The van der Waals surface area contributed by atoms with Gasteiger partial charge in [-0.25, -0.2) is 23.3 Å². The minimum Gasteiger partial charge on any atom is -0.465 e. The van der Waals surface area contributed by atoms with Crippen LogP contribution in [0.3, 0.4) is 0 Å². The second kappa shape index (κ2) is 7.43. The highest BCUT2D eigenvalue weighted by Crippen LogP contribution is 2.28. The molecule has 152 valence electrons. The van der Waals surface area contributed by atoms with E-state index in [0.29, 0.717) is 18.5 Å². The van der Waals surface area contributed by atoms with Crippen LogP contribution in [0.4, 0.5) is 0 Å². The van der Waals surface area contributed by atoms with E-state index in [-0.39, 0.29) is 21.8 Å². The quantitative estimate of drug-likeness (QED) is 0.645. The number of sulfone groups is 1. The lowest BCUT2D eigenvalue weighted by atomic mass is 10.0. The molecule has 10 heteroatoms. The molecule has 1 aromatic rings. The van der Waals surface area contributed by atoms with E-state index in [2.05, 4.69) is 15.2 Å². The van der Waals surface area contributed by atoms with E-state index in [1.54, 1.807) is 6.07 Å². The van der Waals surface area contributed by atoms with Gasteiger partial charge in [-0.15, -0.1) is 0 Å². The maximum absolute atomic E-state index is 12.8. The Labute approximate surface area is 167 Å². The van der Waals surface area contributed by atoms with Gasteiger partial charge in [0.05, 0.1) is 29.8 Å². The standard InChI is InChI=1S/C19H20N4O5S/c1-28-19(25)15-11-23(10-14-17(15)21-22-18(14)24)12-7-8-16(20-9-12)29(26,27)13-5-3-2-4-6-13/h7-11,13H,2-6H2,1H3,(H,22,24). The molecule has 0 saturated heterocycles. The van der Waals surface area contributed by atoms with E-state index >= 15 is 0 Å². The van der Waals surface area contributed by atoms with Crippen LogP contribution in [0.25, 0.3) is 16.9 Å². The van der Waals surface area contributed by atoms with Gasteiger partial charge in [-0.3, -0.25) is 4.79 Å². The fourth-order valence-electron chi connectivity index (χ4n) is 3.68. The lowest BCUT2D eigenvalue weighted by Gasteiger charge is -2.21. The minimum absolute atomic E-state index is 0.0378. The molecule has 1 saturated carbocycles. The van der Waals surface area contributed by atoms with Crippen LogP contribution in [0.5, 0.6) is 0 Å². The van der Waals surface area contributed by atoms with Crippen molar-refractivity contribution in [3.63, 3.8) is 0 Å². The molecule has 0 unspecified atom stereocenters. The molecule has 3 aliphatic rings. The number of fused-ring (bicyclic) bond motifs is 1. The molecule has 0 bridgehead atoms. The first-order valence-electron chi connectivity index (χ1n) is 9.31. The van der Waals surface area contributed by atoms with E-state index in [4.69, 9.17) is 4.74 Å². The predicted octanol–water partition coefficient (Wildman–Crippen LogP) is 1.95. The number of hydrogen-bond donors (Lipinski definition) is 1. The smallest absolute Gasteiger partial charge is 0.341 e. The first kappa shape index (κ1) is 19.3. The number of methoxy groups -OCH3 is 1. The molecule has 3 heterocycles. The molecule has 29 heavy (non-hydrogen) atoms. The van der Waals surface area contributed by atoms with Gasteiger partial charge in [0, 0.05) is 12.4 Å². The van der Waals surface area contributed by atoms with Crippen LogP contribution in [0.2, 0.25) is 0 Å². The van der Waals surface area contributed by atoms with Crippen LogP contribution in [0.1, 0.15) is 42.5 Å². The second-order valence-corrected chi connectivity index (χ2v) is 9.22. The Morgan fingerprint density at radius 2 is 1.97 bits per heavy atom. The SMILES string of the molecule is COC(=O)c1cn(-c2ccc(S(=O)(=O)C3CCCCC3)nc2)cc2c(=O)[nH]nc1-2. The topological polar surface area (TPSA) is 124 Å². The largest absolute Gasteiger partial charge is 0.465 e. The summed E-state index contributed by atoms with van der Waals surface area (Å²) in [6.45, 7) is 0. The number of rotatable bonds is 4. The summed E-state index contributed by atoms with van der Waals surface area (Å²) in [5.41, 5.74) is 0.598. The normalized spacial score (nSPS) is 15.5. The summed E-state index contributed by atoms with van der Waals surface area (Å²) in [5, 5.41) is 5.84. The zero-order valence-electron chi connectivity index (χ0n) is 15.8. The number of H-pyrrole nitrogens is 1. The molecule has 1 N–H and O–H groups in total. The van der Waals surface area contributed by atoms with Crippen LogP contribution >= 0.6 is 0 Å². The maximum Gasteiger partial charge on any atom is 0.341 e. The van der Waals surface area contributed by atoms with Crippen molar-refractivity contribution in [3.8, 4) is 16.9 Å². The summed E-state index contributed by atoms with van der Waals surface area (Å²) in [4.78, 5) is 28.3. The molecular formula is C19H20N4O5S. The third-order valence-corrected chi connectivity index (χ3v) is 7.44. The fraction of sp³-hybridized carbons (Fsp3) is 0.368. The van der Waals surface area contributed by atoms with Gasteiger partial charge in [-0.05, 0) is 25.0 Å². The number of pyridine rings is 2. The molecule has 2 aliphatic heterocycles. The van der Waals surface area contributed by atoms with Crippen LogP contribution in [0.15, 0.2) is 40.5 Å². The first-order valence-corrected chi connectivity index (χ1v) is 10.9. The number of hydrogen-bond acceptors (Lipinski definition) is 7. The Hall–Kier alpha value is -3.01. The van der Waals surface area contributed by atoms with Crippen molar-refractivity contribution in [3.05, 3.63) is 46.6 Å². The molecule has 1 aliphatic carbocycles. The second-order valence-electron chi connectivity index (χ2n) is 7.05. The van der Waals surface area contributed by atoms with Gasteiger partial charge < -0.3 is 9.30 Å². The van der Waals surface area contributed by atoms with Gasteiger partial charge >= 0.3 is 5.97 Å². The third kappa shape index (κ3) is 3.44. The van der Waals surface area contributed by atoms with Gasteiger partial charge in [-0.1, -0.05) is 19.3 Å². The molecule has 0 aromatic carbocycles. The molecule has 0 spiro atoms. The molecule has 4 rings (SSSR count). The van der Waals surface area contributed by atoms with Crippen LogP contribution in [-0.2, 0) is 14.6 Å². The van der Waals surface area contributed by atoms with E-state index in [1.165, 1.54) is 36.3 Å².